The highest BCUT2D eigenvalue weighted by atomic mass is 14.9. The van der Waals surface area contributed by atoms with Gasteiger partial charge in [0, 0.05) is 6.04 Å². The van der Waals surface area contributed by atoms with Crippen LogP contribution in [0, 0.1) is 16.7 Å². The standard InChI is InChI=1S/C14H31N/c1-11(2)10-15-12(14(6,7)8)9-13(3,4)5/h11-12,15H,9-10H2,1-8H3. The summed E-state index contributed by atoms with van der Waals surface area (Å²) in [6.07, 6.45) is 1.24. The minimum Gasteiger partial charge on any atom is -0.313 e. The molecule has 15 heavy (non-hydrogen) atoms. The second kappa shape index (κ2) is 5.34. The maximum absolute atomic E-state index is 3.72. The molecule has 1 nitrogen and oxygen atoms in total. The van der Waals surface area contributed by atoms with Crippen LogP contribution >= 0.6 is 0 Å². The van der Waals surface area contributed by atoms with Gasteiger partial charge in [-0.2, -0.15) is 0 Å². The summed E-state index contributed by atoms with van der Waals surface area (Å²) in [5.41, 5.74) is 0.754. The van der Waals surface area contributed by atoms with E-state index in [1.54, 1.807) is 0 Å². The molecule has 1 N–H and O–H groups in total. The minimum atomic E-state index is 0.349. The lowest BCUT2D eigenvalue weighted by atomic mass is 9.77. The van der Waals surface area contributed by atoms with E-state index in [0.29, 0.717) is 16.9 Å². The van der Waals surface area contributed by atoms with Crippen molar-refractivity contribution in [2.24, 2.45) is 16.7 Å². The Balaban J connectivity index is 4.34. The van der Waals surface area contributed by atoms with Crippen molar-refractivity contribution in [3.05, 3.63) is 0 Å². The molecular weight excluding hydrogens is 182 g/mol. The summed E-state index contributed by atoms with van der Waals surface area (Å²) in [5, 5.41) is 3.72. The second-order valence-corrected chi connectivity index (χ2v) is 7.49. The molecule has 0 aromatic carbocycles. The summed E-state index contributed by atoms with van der Waals surface area (Å²) in [5.74, 6) is 0.731. The maximum Gasteiger partial charge on any atom is 0.0121 e. The van der Waals surface area contributed by atoms with Crippen LogP contribution in [0.3, 0.4) is 0 Å². The summed E-state index contributed by atoms with van der Waals surface area (Å²) < 4.78 is 0. The van der Waals surface area contributed by atoms with E-state index in [1.165, 1.54) is 6.42 Å². The van der Waals surface area contributed by atoms with E-state index in [2.05, 4.69) is 60.7 Å². The van der Waals surface area contributed by atoms with Crippen molar-refractivity contribution in [3.8, 4) is 0 Å². The normalized spacial score (nSPS) is 15.8. The third-order valence-corrected chi connectivity index (χ3v) is 2.63. The van der Waals surface area contributed by atoms with Crippen LogP contribution < -0.4 is 5.32 Å². The summed E-state index contributed by atoms with van der Waals surface area (Å²) >= 11 is 0. The largest absolute Gasteiger partial charge is 0.313 e. The van der Waals surface area contributed by atoms with Gasteiger partial charge in [-0.25, -0.2) is 0 Å². The highest BCUT2D eigenvalue weighted by Gasteiger charge is 2.28. The zero-order valence-corrected chi connectivity index (χ0v) is 12.1. The first-order valence-corrected chi connectivity index (χ1v) is 6.26. The van der Waals surface area contributed by atoms with Crippen LogP contribution in [-0.4, -0.2) is 12.6 Å². The Hall–Kier alpha value is -0.0400. The molecule has 1 atom stereocenters. The molecule has 0 saturated carbocycles. The molecule has 0 spiro atoms. The lowest BCUT2D eigenvalue weighted by Crippen LogP contribution is -2.44. The molecule has 0 aromatic rings. The van der Waals surface area contributed by atoms with Crippen molar-refractivity contribution in [3.63, 3.8) is 0 Å². The van der Waals surface area contributed by atoms with Crippen LogP contribution in [0.5, 0.6) is 0 Å². The Bertz CT molecular complexity index is 169. The average molecular weight is 213 g/mol. The van der Waals surface area contributed by atoms with Gasteiger partial charge in [0.2, 0.25) is 0 Å². The molecule has 1 heteroatoms. The van der Waals surface area contributed by atoms with Crippen molar-refractivity contribution in [1.29, 1.82) is 0 Å². The molecule has 0 heterocycles. The topological polar surface area (TPSA) is 12.0 Å². The first-order valence-electron chi connectivity index (χ1n) is 6.26. The van der Waals surface area contributed by atoms with Gasteiger partial charge >= 0.3 is 0 Å². The Morgan fingerprint density at radius 1 is 0.933 bits per heavy atom. The van der Waals surface area contributed by atoms with Gasteiger partial charge in [0.25, 0.3) is 0 Å². The van der Waals surface area contributed by atoms with Gasteiger partial charge in [-0.05, 0) is 29.7 Å². The van der Waals surface area contributed by atoms with Gasteiger partial charge in [0.15, 0.2) is 0 Å². The van der Waals surface area contributed by atoms with Gasteiger partial charge in [-0.1, -0.05) is 55.4 Å². The second-order valence-electron chi connectivity index (χ2n) is 7.49. The molecule has 0 bridgehead atoms. The highest BCUT2D eigenvalue weighted by Crippen LogP contribution is 2.30. The van der Waals surface area contributed by atoms with E-state index < -0.39 is 0 Å². The van der Waals surface area contributed by atoms with E-state index in [0.717, 1.165) is 12.5 Å². The molecule has 0 radical (unpaired) electrons. The Morgan fingerprint density at radius 3 is 1.67 bits per heavy atom. The van der Waals surface area contributed by atoms with Crippen molar-refractivity contribution in [1.82, 2.24) is 5.32 Å². The van der Waals surface area contributed by atoms with Gasteiger partial charge in [-0.15, -0.1) is 0 Å². The summed E-state index contributed by atoms with van der Waals surface area (Å²) in [7, 11) is 0. The third-order valence-electron chi connectivity index (χ3n) is 2.63. The Kier molecular flexibility index (Phi) is 5.32. The quantitative estimate of drug-likeness (QED) is 0.742. The molecule has 0 aromatic heterocycles. The van der Waals surface area contributed by atoms with E-state index in [-0.39, 0.29) is 0 Å². The number of hydrogen-bond acceptors (Lipinski definition) is 1. The van der Waals surface area contributed by atoms with Crippen LogP contribution in [0.25, 0.3) is 0 Å². The fraction of sp³-hybridized carbons (Fsp3) is 1.00. The van der Waals surface area contributed by atoms with Crippen LogP contribution in [-0.2, 0) is 0 Å². The molecule has 1 unspecified atom stereocenters. The third kappa shape index (κ3) is 7.84. The lowest BCUT2D eigenvalue weighted by molar-refractivity contribution is 0.190. The molecule has 0 aliphatic rings. The minimum absolute atomic E-state index is 0.349. The average Bonchev–Trinajstić information content (AvgIpc) is 1.93. The monoisotopic (exact) mass is 213 g/mol. The fourth-order valence-corrected chi connectivity index (χ4v) is 1.67. The van der Waals surface area contributed by atoms with E-state index in [1.807, 2.05) is 0 Å². The van der Waals surface area contributed by atoms with Crippen LogP contribution in [0.15, 0.2) is 0 Å². The smallest absolute Gasteiger partial charge is 0.0121 e. The zero-order chi connectivity index (χ0) is 12.3. The summed E-state index contributed by atoms with van der Waals surface area (Å²) in [6, 6.07) is 0.611. The predicted octanol–water partition coefficient (Wildman–Crippen LogP) is 4.08. The van der Waals surface area contributed by atoms with Crippen molar-refractivity contribution in [2.45, 2.75) is 67.9 Å². The fourth-order valence-electron chi connectivity index (χ4n) is 1.67. The maximum atomic E-state index is 3.72. The lowest BCUT2D eigenvalue weighted by Gasteiger charge is -2.37. The van der Waals surface area contributed by atoms with Crippen LogP contribution in [0.4, 0.5) is 0 Å². The van der Waals surface area contributed by atoms with Gasteiger partial charge in [0.05, 0.1) is 0 Å². The summed E-state index contributed by atoms with van der Waals surface area (Å²) in [6.45, 7) is 19.6. The van der Waals surface area contributed by atoms with E-state index >= 15 is 0 Å². The molecular formula is C14H31N. The number of nitrogens with one attached hydrogen (secondary N) is 1. The van der Waals surface area contributed by atoms with Gasteiger partial charge in [-0.3, -0.25) is 0 Å². The first-order chi connectivity index (χ1) is 6.52. The van der Waals surface area contributed by atoms with Crippen LogP contribution in [0.2, 0.25) is 0 Å². The highest BCUT2D eigenvalue weighted by molar-refractivity contribution is 4.84. The predicted molar refractivity (Wildman–Crippen MR) is 70.2 cm³/mol. The summed E-state index contributed by atoms with van der Waals surface area (Å²) in [4.78, 5) is 0. The molecule has 0 fully saturated rings. The van der Waals surface area contributed by atoms with E-state index in [4.69, 9.17) is 0 Å². The SMILES string of the molecule is CC(C)CNC(CC(C)(C)C)C(C)(C)C. The van der Waals surface area contributed by atoms with Gasteiger partial charge in [0.1, 0.15) is 0 Å². The molecule has 0 rings (SSSR count). The van der Waals surface area contributed by atoms with Crippen LogP contribution in [0.1, 0.15) is 61.8 Å². The molecule has 0 aliphatic carbocycles. The first kappa shape index (κ1) is 15.0. The van der Waals surface area contributed by atoms with Crippen molar-refractivity contribution >= 4 is 0 Å². The van der Waals surface area contributed by atoms with Crippen molar-refractivity contribution in [2.75, 3.05) is 6.54 Å². The molecule has 0 aliphatic heterocycles. The van der Waals surface area contributed by atoms with Crippen molar-refractivity contribution < 1.29 is 0 Å². The zero-order valence-electron chi connectivity index (χ0n) is 12.1. The molecule has 0 saturated heterocycles. The van der Waals surface area contributed by atoms with E-state index in [9.17, 15) is 0 Å². The molecule has 0 amide bonds. The number of rotatable bonds is 4. The molecule has 92 valence electrons. The number of hydrogen-bond donors (Lipinski definition) is 1. The Morgan fingerprint density at radius 2 is 1.40 bits per heavy atom. The van der Waals surface area contributed by atoms with Gasteiger partial charge < -0.3 is 5.32 Å². The Labute approximate surface area is 97.0 Å².